The van der Waals surface area contributed by atoms with Crippen molar-refractivity contribution in [3.63, 3.8) is 0 Å². The lowest BCUT2D eigenvalue weighted by molar-refractivity contribution is -0.116. The van der Waals surface area contributed by atoms with Crippen molar-refractivity contribution in [2.24, 2.45) is 0 Å². The molecule has 3 aromatic rings. The predicted molar refractivity (Wildman–Crippen MR) is 113 cm³/mol. The minimum absolute atomic E-state index is 0.0248. The maximum absolute atomic E-state index is 12.1. The second kappa shape index (κ2) is 9.00. The van der Waals surface area contributed by atoms with Crippen molar-refractivity contribution >= 4 is 61.7 Å². The summed E-state index contributed by atoms with van der Waals surface area (Å²) in [6.07, 6.45) is 4.97. The van der Waals surface area contributed by atoms with Gasteiger partial charge in [-0.25, -0.2) is 9.97 Å². The molecule has 0 aliphatic heterocycles. The zero-order valence-electron chi connectivity index (χ0n) is 14.3. The van der Waals surface area contributed by atoms with Gasteiger partial charge in [-0.2, -0.15) is 11.8 Å². The summed E-state index contributed by atoms with van der Waals surface area (Å²) >= 11 is 5.22. The molecule has 5 nitrogen and oxygen atoms in total. The highest BCUT2D eigenvalue weighted by atomic mass is 79.9. The van der Waals surface area contributed by atoms with Crippen molar-refractivity contribution in [1.29, 1.82) is 0 Å². The Kier molecular flexibility index (Phi) is 6.46. The van der Waals surface area contributed by atoms with Crippen LogP contribution in [0.3, 0.4) is 0 Å². The van der Waals surface area contributed by atoms with Gasteiger partial charge in [0.1, 0.15) is 12.1 Å². The lowest BCUT2D eigenvalue weighted by Gasteiger charge is -2.11. The molecule has 0 atom stereocenters. The molecule has 7 heteroatoms. The maximum Gasteiger partial charge on any atom is 0.224 e. The van der Waals surface area contributed by atoms with Crippen LogP contribution >= 0.6 is 27.7 Å². The molecular formula is C19H19BrN4OS. The number of carbonyl (C=O) groups excluding carboxylic acids is 1. The van der Waals surface area contributed by atoms with Gasteiger partial charge >= 0.3 is 0 Å². The summed E-state index contributed by atoms with van der Waals surface area (Å²) in [7, 11) is 0. The van der Waals surface area contributed by atoms with E-state index in [9.17, 15) is 4.79 Å². The highest BCUT2D eigenvalue weighted by Gasteiger charge is 2.08. The van der Waals surface area contributed by atoms with E-state index in [-0.39, 0.29) is 5.91 Å². The molecule has 0 fully saturated rings. The molecule has 0 saturated carbocycles. The van der Waals surface area contributed by atoms with E-state index in [2.05, 4.69) is 36.5 Å². The Bertz CT molecular complexity index is 919. The molecule has 2 N–H and O–H groups in total. The van der Waals surface area contributed by atoms with Crippen LogP contribution in [-0.4, -0.2) is 27.9 Å². The van der Waals surface area contributed by atoms with Crippen LogP contribution in [0.25, 0.3) is 10.9 Å². The van der Waals surface area contributed by atoms with Crippen molar-refractivity contribution in [3.05, 3.63) is 53.3 Å². The zero-order valence-corrected chi connectivity index (χ0v) is 16.7. The number of fused-ring (bicyclic) bond motifs is 1. The van der Waals surface area contributed by atoms with E-state index in [1.165, 1.54) is 6.33 Å². The maximum atomic E-state index is 12.1. The lowest BCUT2D eigenvalue weighted by atomic mass is 10.2. The molecule has 1 amide bonds. The molecule has 0 radical (unpaired) electrons. The molecule has 3 rings (SSSR count). The first-order chi connectivity index (χ1) is 12.7. The van der Waals surface area contributed by atoms with Crippen LogP contribution in [0, 0.1) is 0 Å². The van der Waals surface area contributed by atoms with E-state index in [0.717, 1.165) is 38.9 Å². The van der Waals surface area contributed by atoms with Crippen LogP contribution in [-0.2, 0) is 4.79 Å². The van der Waals surface area contributed by atoms with Crippen molar-refractivity contribution in [2.75, 3.05) is 22.6 Å². The highest BCUT2D eigenvalue weighted by molar-refractivity contribution is 9.10. The topological polar surface area (TPSA) is 66.9 Å². The largest absolute Gasteiger partial charge is 0.340 e. The number of anilines is 3. The average molecular weight is 431 g/mol. The van der Waals surface area contributed by atoms with Crippen LogP contribution in [0.5, 0.6) is 0 Å². The number of carbonyl (C=O) groups is 1. The quantitative estimate of drug-likeness (QED) is 0.503. The standard InChI is InChI=1S/C19H19BrN4OS/c1-26-9-3-6-18(25)23-15-7-8-17-16(11-15)19(22-12-21-17)24-14-5-2-4-13(20)10-14/h2,4-5,7-8,10-12H,3,6,9H2,1H3,(H,23,25)(H,21,22,24). The van der Waals surface area contributed by atoms with Gasteiger partial charge in [0.25, 0.3) is 0 Å². The molecule has 0 aliphatic carbocycles. The highest BCUT2D eigenvalue weighted by Crippen LogP contribution is 2.27. The summed E-state index contributed by atoms with van der Waals surface area (Å²) in [5.74, 6) is 1.71. The number of rotatable bonds is 7. The molecule has 0 bridgehead atoms. The molecule has 134 valence electrons. The van der Waals surface area contributed by atoms with Gasteiger partial charge in [-0.05, 0) is 54.8 Å². The fourth-order valence-corrected chi connectivity index (χ4v) is 3.37. The first-order valence-corrected chi connectivity index (χ1v) is 10.4. The van der Waals surface area contributed by atoms with Crippen molar-refractivity contribution in [2.45, 2.75) is 12.8 Å². The summed E-state index contributed by atoms with van der Waals surface area (Å²) in [4.78, 5) is 20.7. The Balaban J connectivity index is 1.82. The Labute approximate surface area is 165 Å². The Morgan fingerprint density at radius 1 is 1.15 bits per heavy atom. The number of hydrogen-bond acceptors (Lipinski definition) is 5. The number of halogens is 1. The van der Waals surface area contributed by atoms with E-state index in [4.69, 9.17) is 0 Å². The van der Waals surface area contributed by atoms with Gasteiger partial charge in [0, 0.05) is 27.7 Å². The van der Waals surface area contributed by atoms with Gasteiger partial charge in [0.2, 0.25) is 5.91 Å². The van der Waals surface area contributed by atoms with Crippen LogP contribution in [0.4, 0.5) is 17.2 Å². The summed E-state index contributed by atoms with van der Waals surface area (Å²) < 4.78 is 0.985. The molecule has 0 saturated heterocycles. The SMILES string of the molecule is CSCCCC(=O)Nc1ccc2ncnc(Nc3cccc(Br)c3)c2c1. The van der Waals surface area contributed by atoms with E-state index in [0.29, 0.717) is 12.2 Å². The molecular weight excluding hydrogens is 412 g/mol. The van der Waals surface area contributed by atoms with Crippen LogP contribution in [0.1, 0.15) is 12.8 Å². The molecule has 1 heterocycles. The van der Waals surface area contributed by atoms with Crippen molar-refractivity contribution in [1.82, 2.24) is 9.97 Å². The van der Waals surface area contributed by atoms with Crippen LogP contribution in [0.2, 0.25) is 0 Å². The molecule has 0 aliphatic rings. The monoisotopic (exact) mass is 430 g/mol. The third-order valence-corrected chi connectivity index (χ3v) is 4.95. The Hall–Kier alpha value is -2.12. The van der Waals surface area contributed by atoms with Gasteiger partial charge in [-0.3, -0.25) is 4.79 Å². The van der Waals surface area contributed by atoms with Crippen LogP contribution in [0.15, 0.2) is 53.3 Å². The van der Waals surface area contributed by atoms with Crippen LogP contribution < -0.4 is 10.6 Å². The number of benzene rings is 2. The molecule has 0 unspecified atom stereocenters. The van der Waals surface area contributed by atoms with Gasteiger partial charge in [0.05, 0.1) is 5.52 Å². The predicted octanol–water partition coefficient (Wildman–Crippen LogP) is 5.22. The van der Waals surface area contributed by atoms with E-state index in [1.54, 1.807) is 11.8 Å². The van der Waals surface area contributed by atoms with Gasteiger partial charge < -0.3 is 10.6 Å². The zero-order chi connectivity index (χ0) is 18.4. The first-order valence-electron chi connectivity index (χ1n) is 8.22. The van der Waals surface area contributed by atoms with Crippen molar-refractivity contribution in [3.8, 4) is 0 Å². The Morgan fingerprint density at radius 3 is 2.85 bits per heavy atom. The van der Waals surface area contributed by atoms with Gasteiger partial charge in [0.15, 0.2) is 0 Å². The summed E-state index contributed by atoms with van der Waals surface area (Å²) in [6.45, 7) is 0. The van der Waals surface area contributed by atoms with Gasteiger partial charge in [-0.15, -0.1) is 0 Å². The number of nitrogens with one attached hydrogen (secondary N) is 2. The van der Waals surface area contributed by atoms with E-state index >= 15 is 0 Å². The number of hydrogen-bond donors (Lipinski definition) is 2. The smallest absolute Gasteiger partial charge is 0.224 e. The molecule has 2 aromatic carbocycles. The fraction of sp³-hybridized carbons (Fsp3) is 0.211. The van der Waals surface area contributed by atoms with E-state index < -0.39 is 0 Å². The minimum atomic E-state index is 0.0248. The van der Waals surface area contributed by atoms with Gasteiger partial charge in [-0.1, -0.05) is 22.0 Å². The second-order valence-electron chi connectivity index (χ2n) is 5.73. The first kappa shape index (κ1) is 18.7. The third kappa shape index (κ3) is 4.95. The number of nitrogens with zero attached hydrogens (tertiary/aromatic N) is 2. The van der Waals surface area contributed by atoms with Crippen molar-refractivity contribution < 1.29 is 4.79 Å². The summed E-state index contributed by atoms with van der Waals surface area (Å²) in [5.41, 5.74) is 2.49. The summed E-state index contributed by atoms with van der Waals surface area (Å²) in [6, 6.07) is 13.5. The summed E-state index contributed by atoms with van der Waals surface area (Å²) in [5, 5.41) is 7.12. The Morgan fingerprint density at radius 2 is 2.04 bits per heavy atom. The molecule has 0 spiro atoms. The number of thioether (sulfide) groups is 1. The normalized spacial score (nSPS) is 10.7. The number of amides is 1. The van der Waals surface area contributed by atoms with E-state index in [1.807, 2.05) is 48.7 Å². The lowest BCUT2D eigenvalue weighted by Crippen LogP contribution is -2.11. The average Bonchev–Trinajstić information content (AvgIpc) is 2.62. The number of aromatic nitrogens is 2. The second-order valence-corrected chi connectivity index (χ2v) is 7.64. The fourth-order valence-electron chi connectivity index (χ4n) is 2.54. The molecule has 26 heavy (non-hydrogen) atoms. The molecule has 1 aromatic heterocycles. The third-order valence-electron chi connectivity index (χ3n) is 3.76. The minimum Gasteiger partial charge on any atom is -0.340 e.